The summed E-state index contributed by atoms with van der Waals surface area (Å²) in [6.45, 7) is 6.17. The van der Waals surface area contributed by atoms with E-state index in [1.54, 1.807) is 32.0 Å². The molecule has 44 heavy (non-hydrogen) atoms. The van der Waals surface area contributed by atoms with Gasteiger partial charge in [0.2, 0.25) is 0 Å². The van der Waals surface area contributed by atoms with Crippen LogP contribution in [0, 0.1) is 11.2 Å². The first-order valence-electron chi connectivity index (χ1n) is 13.6. The van der Waals surface area contributed by atoms with Crippen molar-refractivity contribution in [3.05, 3.63) is 82.6 Å². The molecule has 2 aromatic heterocycles. The number of esters is 1. The first-order chi connectivity index (χ1) is 21.1. The number of amides is 1. The summed E-state index contributed by atoms with van der Waals surface area (Å²) in [5, 5.41) is 30.2. The molecule has 0 unspecified atom stereocenters. The Morgan fingerprint density at radius 1 is 1.02 bits per heavy atom. The second kappa shape index (κ2) is 16.2. The lowest BCUT2D eigenvalue weighted by Crippen LogP contribution is -2.45. The number of rotatable bonds is 13. The Hall–Kier alpha value is -4.69. The van der Waals surface area contributed by atoms with Gasteiger partial charge in [-0.2, -0.15) is 25.7 Å². The molecule has 4 N–H and O–H groups in total. The van der Waals surface area contributed by atoms with E-state index in [0.717, 1.165) is 11.8 Å². The van der Waals surface area contributed by atoms with Crippen molar-refractivity contribution >= 4 is 29.4 Å². The molecule has 0 radical (unpaired) electrons. The van der Waals surface area contributed by atoms with Gasteiger partial charge < -0.3 is 19.9 Å². The highest BCUT2D eigenvalue weighted by Gasteiger charge is 2.38. The first kappa shape index (κ1) is 33.8. The minimum Gasteiger partial charge on any atom is -0.476 e. The number of benzene rings is 2. The standard InChI is InChI=1S/C26H30ClFN4O4.C3H3N3O2/c1-4-35-16-26(3,25(34)36-5-2)14-20(30-24(33)23-15-29-32-31-23)12-17-6-8-18(9-7-17)21-13-19(27)10-11-22(21)28;7-3(8)2-1-4-6-5-2/h6-11,13,15,20H,4-5,12,14,16H2,1-3H3,(H,30,33)(H,29,31,32);1H,(H,7,8)(H,4,5,6)/t20-,26+;/m1./s1. The molecule has 0 aliphatic heterocycles. The van der Waals surface area contributed by atoms with Crippen molar-refractivity contribution in [1.82, 2.24) is 36.1 Å². The minimum atomic E-state index is -1.07. The number of aromatic nitrogens is 6. The molecule has 0 saturated carbocycles. The predicted octanol–water partition coefficient (Wildman–Crippen LogP) is 4.10. The number of carbonyl (C=O) groups is 3. The van der Waals surface area contributed by atoms with Crippen molar-refractivity contribution in [2.45, 2.75) is 39.7 Å². The zero-order chi connectivity index (χ0) is 32.1. The average Bonchev–Trinajstić information content (AvgIpc) is 3.74. The number of carboxylic acid groups (broad SMARTS) is 1. The molecule has 1 amide bonds. The molecular formula is C29H33ClFN7O6. The number of carboxylic acids is 1. The predicted molar refractivity (Wildman–Crippen MR) is 157 cm³/mol. The molecule has 2 heterocycles. The van der Waals surface area contributed by atoms with Gasteiger partial charge in [-0.1, -0.05) is 35.9 Å². The lowest BCUT2D eigenvalue weighted by molar-refractivity contribution is -0.159. The van der Waals surface area contributed by atoms with E-state index in [1.165, 1.54) is 18.3 Å². The second-order valence-electron chi connectivity index (χ2n) is 9.83. The van der Waals surface area contributed by atoms with Gasteiger partial charge >= 0.3 is 11.9 Å². The topological polar surface area (TPSA) is 185 Å². The van der Waals surface area contributed by atoms with Gasteiger partial charge in [0, 0.05) is 23.2 Å². The molecule has 4 aromatic rings. The van der Waals surface area contributed by atoms with Crippen LogP contribution >= 0.6 is 11.6 Å². The monoisotopic (exact) mass is 629 g/mol. The number of halogens is 2. The van der Waals surface area contributed by atoms with Crippen LogP contribution in [0.1, 0.15) is 53.7 Å². The molecule has 234 valence electrons. The molecule has 15 heteroatoms. The molecule has 0 fully saturated rings. The highest BCUT2D eigenvalue weighted by atomic mass is 35.5. The van der Waals surface area contributed by atoms with E-state index < -0.39 is 29.3 Å². The van der Waals surface area contributed by atoms with Crippen LogP contribution in [0.25, 0.3) is 11.1 Å². The van der Waals surface area contributed by atoms with Gasteiger partial charge in [0.1, 0.15) is 5.82 Å². The number of aromatic carboxylic acids is 1. The van der Waals surface area contributed by atoms with Crippen LogP contribution in [0.2, 0.25) is 5.02 Å². The molecule has 0 aliphatic rings. The fourth-order valence-corrected chi connectivity index (χ4v) is 4.42. The van der Waals surface area contributed by atoms with Crippen molar-refractivity contribution < 1.29 is 33.4 Å². The van der Waals surface area contributed by atoms with E-state index >= 15 is 0 Å². The van der Waals surface area contributed by atoms with E-state index in [9.17, 15) is 18.8 Å². The fourth-order valence-electron chi connectivity index (χ4n) is 4.25. The maximum atomic E-state index is 14.3. The summed E-state index contributed by atoms with van der Waals surface area (Å²) in [6.07, 6.45) is 3.14. The van der Waals surface area contributed by atoms with Crippen LogP contribution in [0.15, 0.2) is 54.9 Å². The highest BCUT2D eigenvalue weighted by Crippen LogP contribution is 2.29. The maximum Gasteiger partial charge on any atom is 0.358 e. The zero-order valence-electron chi connectivity index (χ0n) is 24.3. The van der Waals surface area contributed by atoms with Gasteiger partial charge in [-0.05, 0) is 62.9 Å². The Kier molecular flexibility index (Phi) is 12.5. The van der Waals surface area contributed by atoms with Crippen molar-refractivity contribution in [3.63, 3.8) is 0 Å². The van der Waals surface area contributed by atoms with Crippen LogP contribution in [-0.4, -0.2) is 79.6 Å². The summed E-state index contributed by atoms with van der Waals surface area (Å²) in [5.41, 5.74) is 1.04. The van der Waals surface area contributed by atoms with Crippen LogP contribution in [0.5, 0.6) is 0 Å². The fraction of sp³-hybridized carbons (Fsp3) is 0.345. The smallest absolute Gasteiger partial charge is 0.358 e. The number of nitrogens with one attached hydrogen (secondary N) is 3. The summed E-state index contributed by atoms with van der Waals surface area (Å²) in [6, 6.07) is 11.2. The summed E-state index contributed by atoms with van der Waals surface area (Å²) in [7, 11) is 0. The normalized spacial score (nSPS) is 12.8. The van der Waals surface area contributed by atoms with Gasteiger partial charge in [0.05, 0.1) is 31.0 Å². The third-order valence-corrected chi connectivity index (χ3v) is 6.62. The van der Waals surface area contributed by atoms with Crippen molar-refractivity contribution in [1.29, 1.82) is 0 Å². The first-order valence-corrected chi connectivity index (χ1v) is 14.0. The Balaban J connectivity index is 0.000000572. The quantitative estimate of drug-likeness (QED) is 0.157. The zero-order valence-corrected chi connectivity index (χ0v) is 25.1. The number of ether oxygens (including phenoxy) is 2. The Morgan fingerprint density at radius 3 is 2.23 bits per heavy atom. The summed E-state index contributed by atoms with van der Waals surface area (Å²) >= 11 is 6.04. The number of aromatic amines is 2. The van der Waals surface area contributed by atoms with Crippen LogP contribution < -0.4 is 5.32 Å². The molecule has 4 rings (SSSR count). The third-order valence-electron chi connectivity index (χ3n) is 6.38. The van der Waals surface area contributed by atoms with E-state index in [0.29, 0.717) is 29.2 Å². The number of nitrogens with zero attached hydrogens (tertiary/aromatic N) is 4. The third kappa shape index (κ3) is 9.67. The lowest BCUT2D eigenvalue weighted by atomic mass is 9.82. The largest absolute Gasteiger partial charge is 0.476 e. The van der Waals surface area contributed by atoms with Gasteiger partial charge in [0.15, 0.2) is 11.4 Å². The molecule has 13 nitrogen and oxygen atoms in total. The van der Waals surface area contributed by atoms with E-state index in [2.05, 4.69) is 36.1 Å². The number of H-pyrrole nitrogens is 2. The Labute approximate surface area is 257 Å². The SMILES string of the molecule is CCOC[C@](C)(C[C@@H](Cc1ccc(-c2cc(Cl)ccc2F)cc1)NC(=O)c1cn[nH]n1)C(=O)OCC.O=C(O)c1cn[nH]n1. The molecule has 0 bridgehead atoms. The second-order valence-corrected chi connectivity index (χ2v) is 10.3. The van der Waals surface area contributed by atoms with Gasteiger partial charge in [-0.25, -0.2) is 9.18 Å². The molecule has 2 aromatic carbocycles. The maximum absolute atomic E-state index is 14.3. The van der Waals surface area contributed by atoms with Crippen molar-refractivity contribution in [2.75, 3.05) is 19.8 Å². The van der Waals surface area contributed by atoms with E-state index in [1.807, 2.05) is 19.1 Å². The molecular weight excluding hydrogens is 597 g/mol. The van der Waals surface area contributed by atoms with Gasteiger partial charge in [0.25, 0.3) is 5.91 Å². The highest BCUT2D eigenvalue weighted by molar-refractivity contribution is 6.30. The van der Waals surface area contributed by atoms with Crippen LogP contribution in [0.4, 0.5) is 4.39 Å². The minimum absolute atomic E-state index is 0.0648. The molecule has 0 aliphatic carbocycles. The lowest BCUT2D eigenvalue weighted by Gasteiger charge is -2.31. The summed E-state index contributed by atoms with van der Waals surface area (Å²) < 4.78 is 25.2. The van der Waals surface area contributed by atoms with Crippen LogP contribution in [-0.2, 0) is 20.7 Å². The van der Waals surface area contributed by atoms with Gasteiger partial charge in [-0.3, -0.25) is 9.59 Å². The molecule has 0 spiro atoms. The number of carbonyl (C=O) groups excluding carboxylic acids is 2. The van der Waals surface area contributed by atoms with E-state index in [-0.39, 0.29) is 36.8 Å². The van der Waals surface area contributed by atoms with Crippen molar-refractivity contribution in [2.24, 2.45) is 5.41 Å². The number of hydrogen-bond donors (Lipinski definition) is 4. The van der Waals surface area contributed by atoms with Crippen molar-refractivity contribution in [3.8, 4) is 11.1 Å². The van der Waals surface area contributed by atoms with Crippen LogP contribution in [0.3, 0.4) is 0 Å². The van der Waals surface area contributed by atoms with Gasteiger partial charge in [-0.15, -0.1) is 5.10 Å². The summed E-state index contributed by atoms with van der Waals surface area (Å²) in [5.74, 6) is -2.26. The summed E-state index contributed by atoms with van der Waals surface area (Å²) in [4.78, 5) is 35.6. The Bertz CT molecular complexity index is 1500. The molecule has 0 saturated heterocycles. The average molecular weight is 630 g/mol. The Morgan fingerprint density at radius 2 is 1.68 bits per heavy atom. The number of hydrogen-bond acceptors (Lipinski definition) is 9. The molecule has 2 atom stereocenters. The van der Waals surface area contributed by atoms with E-state index in [4.69, 9.17) is 26.2 Å².